The van der Waals surface area contributed by atoms with Crippen LogP contribution in [-0.2, 0) is 6.54 Å². The third-order valence-corrected chi connectivity index (χ3v) is 5.76. The fourth-order valence-corrected chi connectivity index (χ4v) is 4.24. The number of hydrogen-bond acceptors (Lipinski definition) is 4. The van der Waals surface area contributed by atoms with Gasteiger partial charge in [0.05, 0.1) is 5.69 Å². The van der Waals surface area contributed by atoms with Gasteiger partial charge >= 0.3 is 0 Å². The van der Waals surface area contributed by atoms with Gasteiger partial charge in [0.2, 0.25) is 0 Å². The molecule has 3 nitrogen and oxygen atoms in total. The summed E-state index contributed by atoms with van der Waals surface area (Å²) >= 11 is 7.75. The summed E-state index contributed by atoms with van der Waals surface area (Å²) in [4.78, 5) is 8.40. The van der Waals surface area contributed by atoms with Gasteiger partial charge in [0.1, 0.15) is 0 Å². The Hall–Kier alpha value is -1.10. The van der Waals surface area contributed by atoms with Gasteiger partial charge in [-0.05, 0) is 50.4 Å². The molecule has 1 fully saturated rings. The second kappa shape index (κ2) is 6.57. The molecule has 0 aliphatic carbocycles. The summed E-state index contributed by atoms with van der Waals surface area (Å²) in [5.74, 6) is 0. The molecular formula is C17H22ClN3S. The van der Waals surface area contributed by atoms with E-state index in [0.29, 0.717) is 11.2 Å². The molecule has 2 aromatic rings. The summed E-state index contributed by atoms with van der Waals surface area (Å²) in [7, 11) is 0. The van der Waals surface area contributed by atoms with Gasteiger partial charge in [0.25, 0.3) is 0 Å². The summed E-state index contributed by atoms with van der Waals surface area (Å²) in [6, 6.07) is 6.77. The normalized spacial score (nSPS) is 19.0. The maximum atomic E-state index is 6.14. The Labute approximate surface area is 141 Å². The van der Waals surface area contributed by atoms with Gasteiger partial charge in [-0.25, -0.2) is 4.98 Å². The number of anilines is 1. The van der Waals surface area contributed by atoms with Crippen molar-refractivity contribution in [3.63, 3.8) is 0 Å². The molecule has 3 rings (SSSR count). The van der Waals surface area contributed by atoms with Crippen molar-refractivity contribution in [1.82, 2.24) is 9.88 Å². The van der Waals surface area contributed by atoms with Crippen LogP contribution in [0.25, 0.3) is 11.3 Å². The molecule has 0 spiro atoms. The lowest BCUT2D eigenvalue weighted by atomic mass is 10.1. The van der Waals surface area contributed by atoms with Crippen molar-refractivity contribution < 1.29 is 0 Å². The number of thiazole rings is 1. The highest BCUT2D eigenvalue weighted by atomic mass is 35.5. The van der Waals surface area contributed by atoms with Gasteiger partial charge in [0.15, 0.2) is 5.13 Å². The minimum absolute atomic E-state index is 0.643. The fraction of sp³-hybridized carbons (Fsp3) is 0.471. The van der Waals surface area contributed by atoms with Crippen molar-refractivity contribution in [2.24, 2.45) is 0 Å². The Kier molecular flexibility index (Phi) is 4.71. The molecule has 1 aliphatic heterocycles. The monoisotopic (exact) mass is 335 g/mol. The number of halogens is 1. The standard InChI is InChI=1S/C17H22ClN3S/c1-3-13-5-4-8-21(13)10-15-16(20-17(19)22-15)12-6-7-14(18)11(2)9-12/h6-7,9,13H,3-5,8,10H2,1-2H3,(H2,19,20)/t13-/m1/s1. The third kappa shape index (κ3) is 3.14. The second-order valence-electron chi connectivity index (χ2n) is 5.96. The van der Waals surface area contributed by atoms with E-state index in [-0.39, 0.29) is 0 Å². The van der Waals surface area contributed by atoms with Crippen LogP contribution >= 0.6 is 22.9 Å². The van der Waals surface area contributed by atoms with Crippen molar-refractivity contribution in [3.8, 4) is 11.3 Å². The summed E-state index contributed by atoms with van der Waals surface area (Å²) in [5, 5.41) is 1.43. The quantitative estimate of drug-likeness (QED) is 0.878. The van der Waals surface area contributed by atoms with E-state index in [4.69, 9.17) is 17.3 Å². The van der Waals surface area contributed by atoms with Crippen LogP contribution in [0.4, 0.5) is 5.13 Å². The number of nitrogens with two attached hydrogens (primary N) is 1. The number of benzene rings is 1. The lowest BCUT2D eigenvalue weighted by Gasteiger charge is -2.22. The average molecular weight is 336 g/mol. The SMILES string of the molecule is CC[C@@H]1CCCN1Cc1sc(N)nc1-c1ccc(Cl)c(C)c1. The van der Waals surface area contributed by atoms with Crippen LogP contribution in [0.5, 0.6) is 0 Å². The molecule has 2 heterocycles. The lowest BCUT2D eigenvalue weighted by molar-refractivity contribution is 0.242. The molecule has 5 heteroatoms. The van der Waals surface area contributed by atoms with E-state index in [1.165, 1.54) is 30.7 Å². The summed E-state index contributed by atoms with van der Waals surface area (Å²) < 4.78 is 0. The van der Waals surface area contributed by atoms with Crippen LogP contribution in [0.3, 0.4) is 0 Å². The van der Waals surface area contributed by atoms with Gasteiger partial charge in [-0.1, -0.05) is 24.6 Å². The minimum Gasteiger partial charge on any atom is -0.375 e. The smallest absolute Gasteiger partial charge is 0.180 e. The average Bonchev–Trinajstić information content (AvgIpc) is 3.08. The zero-order valence-electron chi connectivity index (χ0n) is 13.1. The molecule has 1 saturated heterocycles. The highest BCUT2D eigenvalue weighted by Crippen LogP contribution is 2.34. The lowest BCUT2D eigenvalue weighted by Crippen LogP contribution is -2.28. The van der Waals surface area contributed by atoms with Crippen LogP contribution in [0.15, 0.2) is 18.2 Å². The Bertz CT molecular complexity index is 668. The zero-order chi connectivity index (χ0) is 15.7. The first kappa shape index (κ1) is 15.8. The van der Waals surface area contributed by atoms with Gasteiger partial charge < -0.3 is 5.73 Å². The Morgan fingerprint density at radius 1 is 1.45 bits per heavy atom. The maximum Gasteiger partial charge on any atom is 0.180 e. The number of likely N-dealkylation sites (tertiary alicyclic amines) is 1. The molecule has 118 valence electrons. The molecule has 22 heavy (non-hydrogen) atoms. The van der Waals surface area contributed by atoms with Crippen LogP contribution in [-0.4, -0.2) is 22.5 Å². The molecule has 0 amide bonds. The van der Waals surface area contributed by atoms with Crippen LogP contribution in [0.1, 0.15) is 36.6 Å². The predicted octanol–water partition coefficient (Wildman–Crippen LogP) is 4.73. The predicted molar refractivity (Wildman–Crippen MR) is 95.4 cm³/mol. The maximum absolute atomic E-state index is 6.14. The summed E-state index contributed by atoms with van der Waals surface area (Å²) in [6.45, 7) is 6.42. The number of nitrogens with zero attached hydrogens (tertiary/aromatic N) is 2. The molecule has 1 atom stereocenters. The highest BCUT2D eigenvalue weighted by Gasteiger charge is 2.25. The molecule has 0 bridgehead atoms. The van der Waals surface area contributed by atoms with Gasteiger partial charge in [-0.2, -0.15) is 0 Å². The van der Waals surface area contributed by atoms with Crippen LogP contribution in [0.2, 0.25) is 5.02 Å². The Morgan fingerprint density at radius 3 is 3.00 bits per heavy atom. The number of aryl methyl sites for hydroxylation is 1. The van der Waals surface area contributed by atoms with Crippen molar-refractivity contribution in [1.29, 1.82) is 0 Å². The number of rotatable bonds is 4. The highest BCUT2D eigenvalue weighted by molar-refractivity contribution is 7.15. The fourth-order valence-electron chi connectivity index (χ4n) is 3.24. The van der Waals surface area contributed by atoms with Crippen molar-refractivity contribution in [2.75, 3.05) is 12.3 Å². The first-order valence-corrected chi connectivity index (χ1v) is 9.03. The van der Waals surface area contributed by atoms with E-state index < -0.39 is 0 Å². The number of nitrogen functional groups attached to an aromatic ring is 1. The molecular weight excluding hydrogens is 314 g/mol. The first-order chi connectivity index (χ1) is 10.6. The third-order valence-electron chi connectivity index (χ3n) is 4.46. The van der Waals surface area contributed by atoms with Gasteiger partial charge in [-0.3, -0.25) is 4.90 Å². The van der Waals surface area contributed by atoms with E-state index in [0.717, 1.165) is 28.4 Å². The van der Waals surface area contributed by atoms with Crippen LogP contribution in [0, 0.1) is 6.92 Å². The van der Waals surface area contributed by atoms with E-state index in [9.17, 15) is 0 Å². The van der Waals surface area contributed by atoms with E-state index >= 15 is 0 Å². The number of hydrogen-bond donors (Lipinski definition) is 1. The Balaban J connectivity index is 1.91. The molecule has 0 saturated carbocycles. The zero-order valence-corrected chi connectivity index (χ0v) is 14.7. The second-order valence-corrected chi connectivity index (χ2v) is 7.49. The molecule has 1 aromatic heterocycles. The molecule has 1 aromatic carbocycles. The van der Waals surface area contributed by atoms with E-state index in [1.807, 2.05) is 19.1 Å². The topological polar surface area (TPSA) is 42.1 Å². The van der Waals surface area contributed by atoms with Crippen molar-refractivity contribution >= 4 is 28.1 Å². The summed E-state index contributed by atoms with van der Waals surface area (Å²) in [5.41, 5.74) is 9.19. The van der Waals surface area contributed by atoms with Gasteiger partial charge in [-0.15, -0.1) is 11.3 Å². The van der Waals surface area contributed by atoms with E-state index in [1.54, 1.807) is 11.3 Å². The Morgan fingerprint density at radius 2 is 2.27 bits per heavy atom. The molecule has 0 radical (unpaired) electrons. The van der Waals surface area contributed by atoms with Gasteiger partial charge in [0, 0.05) is 28.0 Å². The molecule has 2 N–H and O–H groups in total. The summed E-state index contributed by atoms with van der Waals surface area (Å²) in [6.07, 6.45) is 3.81. The molecule has 1 aliphatic rings. The van der Waals surface area contributed by atoms with Crippen LogP contribution < -0.4 is 5.73 Å². The first-order valence-electron chi connectivity index (χ1n) is 7.84. The minimum atomic E-state index is 0.643. The van der Waals surface area contributed by atoms with E-state index in [2.05, 4.69) is 22.9 Å². The number of aromatic nitrogens is 1. The van der Waals surface area contributed by atoms with Crippen molar-refractivity contribution in [2.45, 2.75) is 45.7 Å². The molecule has 0 unspecified atom stereocenters. The van der Waals surface area contributed by atoms with Crippen molar-refractivity contribution in [3.05, 3.63) is 33.7 Å². The largest absolute Gasteiger partial charge is 0.375 e.